The van der Waals surface area contributed by atoms with Gasteiger partial charge in [-0.05, 0) is 52.3 Å². The molecule has 0 radical (unpaired) electrons. The van der Waals surface area contributed by atoms with Crippen LogP contribution in [0.1, 0.15) is 47.5 Å². The molecule has 1 aromatic rings. The minimum atomic E-state index is -0.609. The van der Waals surface area contributed by atoms with Gasteiger partial charge in [0.2, 0.25) is 0 Å². The fourth-order valence-electron chi connectivity index (χ4n) is 2.13. The van der Waals surface area contributed by atoms with Gasteiger partial charge in [0.05, 0.1) is 17.8 Å². The minimum absolute atomic E-state index is 0.317. The van der Waals surface area contributed by atoms with Crippen molar-refractivity contribution in [2.45, 2.75) is 58.7 Å². The molecule has 116 valence electrons. The third-order valence-corrected chi connectivity index (χ3v) is 4.23. The first-order chi connectivity index (χ1) is 9.77. The van der Waals surface area contributed by atoms with Crippen LogP contribution in [0.3, 0.4) is 0 Å². The van der Waals surface area contributed by atoms with Crippen LogP contribution >= 0.6 is 0 Å². The van der Waals surface area contributed by atoms with E-state index in [1.807, 2.05) is 27.7 Å². The van der Waals surface area contributed by atoms with Crippen molar-refractivity contribution in [1.82, 2.24) is 0 Å². The van der Waals surface area contributed by atoms with E-state index in [0.717, 1.165) is 12.8 Å². The number of rotatable bonds is 5. The average Bonchev–Trinajstić information content (AvgIpc) is 2.60. The number of hydrogen-bond acceptors (Lipinski definition) is 3. The molecule has 1 aliphatic rings. The Hall–Kier alpha value is -1.07. The number of ether oxygens (including phenoxy) is 1. The highest BCUT2D eigenvalue weighted by molar-refractivity contribution is 6.63. The predicted octanol–water partition coefficient (Wildman–Crippen LogP) is 3.30. The lowest BCUT2D eigenvalue weighted by Gasteiger charge is -2.32. The smallest absolute Gasteiger partial charge is 0.494 e. The van der Waals surface area contributed by atoms with Gasteiger partial charge in [-0.15, -0.1) is 0 Å². The summed E-state index contributed by atoms with van der Waals surface area (Å²) in [5.74, 6) is 0.311. The maximum atomic E-state index is 13.6. The van der Waals surface area contributed by atoms with E-state index in [1.54, 1.807) is 6.07 Å². The van der Waals surface area contributed by atoms with Gasteiger partial charge in [0.15, 0.2) is 0 Å². The molecule has 21 heavy (non-hydrogen) atoms. The zero-order valence-corrected chi connectivity index (χ0v) is 13.5. The lowest BCUT2D eigenvalue weighted by Crippen LogP contribution is -2.41. The summed E-state index contributed by atoms with van der Waals surface area (Å²) in [6.45, 7) is 10.6. The van der Waals surface area contributed by atoms with Crippen LogP contribution in [0.25, 0.3) is 0 Å². The standard InChI is InChI=1S/C16H24BFO3/c1-6-7-10-19-14-9-8-12(18)11-13(14)17-20-15(2,3)16(4,5)21-17/h8-9,11H,6-7,10H2,1-5H3. The van der Waals surface area contributed by atoms with Gasteiger partial charge in [-0.2, -0.15) is 0 Å². The van der Waals surface area contributed by atoms with Crippen LogP contribution < -0.4 is 10.2 Å². The van der Waals surface area contributed by atoms with Crippen molar-refractivity contribution in [3.05, 3.63) is 24.0 Å². The quantitative estimate of drug-likeness (QED) is 0.616. The molecule has 1 saturated heterocycles. The van der Waals surface area contributed by atoms with Crippen LogP contribution in [0.15, 0.2) is 18.2 Å². The molecule has 1 aliphatic heterocycles. The van der Waals surface area contributed by atoms with Crippen molar-refractivity contribution >= 4 is 12.6 Å². The van der Waals surface area contributed by atoms with Crippen LogP contribution in [0.5, 0.6) is 5.75 Å². The second-order valence-electron chi connectivity index (χ2n) is 6.47. The summed E-state index contributed by atoms with van der Waals surface area (Å²) in [6, 6.07) is 4.48. The van der Waals surface area contributed by atoms with Gasteiger partial charge >= 0.3 is 7.12 Å². The van der Waals surface area contributed by atoms with Gasteiger partial charge in [0, 0.05) is 5.46 Å². The lowest BCUT2D eigenvalue weighted by atomic mass is 9.78. The molecule has 0 amide bonds. The summed E-state index contributed by atoms with van der Waals surface area (Å²) in [5.41, 5.74) is -0.292. The third-order valence-electron chi connectivity index (χ3n) is 4.23. The van der Waals surface area contributed by atoms with Gasteiger partial charge in [-0.1, -0.05) is 13.3 Å². The molecule has 0 saturated carbocycles. The largest absolute Gasteiger partial charge is 0.498 e. The molecule has 1 fully saturated rings. The summed E-state index contributed by atoms with van der Waals surface area (Å²) in [7, 11) is -0.609. The number of benzene rings is 1. The van der Waals surface area contributed by atoms with Crippen molar-refractivity contribution in [3.8, 4) is 5.75 Å². The summed E-state index contributed by atoms with van der Waals surface area (Å²) in [5, 5.41) is 0. The second kappa shape index (κ2) is 5.97. The van der Waals surface area contributed by atoms with E-state index < -0.39 is 18.3 Å². The highest BCUT2D eigenvalue weighted by Crippen LogP contribution is 2.37. The Bertz CT molecular complexity index is 486. The first-order valence-corrected chi connectivity index (χ1v) is 7.55. The molecule has 5 heteroatoms. The summed E-state index contributed by atoms with van der Waals surface area (Å²) in [6.07, 6.45) is 2.01. The fourth-order valence-corrected chi connectivity index (χ4v) is 2.13. The number of halogens is 1. The molecular formula is C16H24BFO3. The average molecular weight is 294 g/mol. The Labute approximate surface area is 126 Å². The molecular weight excluding hydrogens is 270 g/mol. The summed E-state index contributed by atoms with van der Waals surface area (Å²) < 4.78 is 31.3. The topological polar surface area (TPSA) is 27.7 Å². The molecule has 1 heterocycles. The zero-order valence-electron chi connectivity index (χ0n) is 13.5. The molecule has 0 N–H and O–H groups in total. The van der Waals surface area contributed by atoms with Gasteiger partial charge in [0.25, 0.3) is 0 Å². The summed E-state index contributed by atoms with van der Waals surface area (Å²) in [4.78, 5) is 0. The van der Waals surface area contributed by atoms with Gasteiger partial charge in [0.1, 0.15) is 11.6 Å². The predicted molar refractivity (Wildman–Crippen MR) is 82.5 cm³/mol. The molecule has 2 rings (SSSR count). The highest BCUT2D eigenvalue weighted by Gasteiger charge is 2.52. The molecule has 0 atom stereocenters. The monoisotopic (exact) mass is 294 g/mol. The lowest BCUT2D eigenvalue weighted by molar-refractivity contribution is 0.00578. The van der Waals surface area contributed by atoms with Crippen molar-refractivity contribution in [2.24, 2.45) is 0 Å². The Morgan fingerprint density at radius 3 is 2.33 bits per heavy atom. The molecule has 0 spiro atoms. The van der Waals surface area contributed by atoms with E-state index in [-0.39, 0.29) is 5.82 Å². The Morgan fingerprint density at radius 1 is 1.14 bits per heavy atom. The maximum Gasteiger partial charge on any atom is 0.498 e. The maximum absolute atomic E-state index is 13.6. The molecule has 0 unspecified atom stereocenters. The fraction of sp³-hybridized carbons (Fsp3) is 0.625. The molecule has 3 nitrogen and oxygen atoms in total. The van der Waals surface area contributed by atoms with Crippen molar-refractivity contribution in [1.29, 1.82) is 0 Å². The van der Waals surface area contributed by atoms with E-state index in [9.17, 15) is 4.39 Å². The van der Waals surface area contributed by atoms with Crippen molar-refractivity contribution in [3.63, 3.8) is 0 Å². The minimum Gasteiger partial charge on any atom is -0.494 e. The van der Waals surface area contributed by atoms with Gasteiger partial charge in [-0.3, -0.25) is 0 Å². The van der Waals surface area contributed by atoms with Gasteiger partial charge in [-0.25, -0.2) is 4.39 Å². The number of unbranched alkanes of at least 4 members (excludes halogenated alkanes) is 1. The van der Waals surface area contributed by atoms with Crippen LogP contribution in [0, 0.1) is 5.82 Å². The Kier molecular flexibility index (Phi) is 4.64. The SMILES string of the molecule is CCCCOc1ccc(F)cc1B1OC(C)(C)C(C)(C)O1. The third kappa shape index (κ3) is 3.41. The van der Waals surface area contributed by atoms with Crippen LogP contribution in [-0.4, -0.2) is 24.9 Å². The molecule has 0 bridgehead atoms. The van der Waals surface area contributed by atoms with E-state index >= 15 is 0 Å². The van der Waals surface area contributed by atoms with Crippen molar-refractivity contribution < 1.29 is 18.4 Å². The molecule has 0 aliphatic carbocycles. The van der Waals surface area contributed by atoms with Crippen LogP contribution in [-0.2, 0) is 9.31 Å². The normalized spacial score (nSPS) is 19.8. The first-order valence-electron chi connectivity index (χ1n) is 7.55. The Morgan fingerprint density at radius 2 is 1.76 bits per heavy atom. The van der Waals surface area contributed by atoms with Crippen LogP contribution in [0.2, 0.25) is 0 Å². The van der Waals surface area contributed by atoms with E-state index in [4.69, 9.17) is 14.0 Å². The Balaban J connectivity index is 2.25. The molecule has 0 aromatic heterocycles. The first kappa shape index (κ1) is 16.3. The van der Waals surface area contributed by atoms with E-state index in [2.05, 4.69) is 6.92 Å². The highest BCUT2D eigenvalue weighted by atomic mass is 19.1. The zero-order chi connectivity index (χ0) is 15.7. The van der Waals surface area contributed by atoms with Crippen LogP contribution in [0.4, 0.5) is 4.39 Å². The number of hydrogen-bond donors (Lipinski definition) is 0. The van der Waals surface area contributed by atoms with Crippen molar-refractivity contribution in [2.75, 3.05) is 6.61 Å². The van der Waals surface area contributed by atoms with E-state index in [1.165, 1.54) is 12.1 Å². The van der Waals surface area contributed by atoms with E-state index in [0.29, 0.717) is 17.8 Å². The summed E-state index contributed by atoms with van der Waals surface area (Å²) >= 11 is 0. The second-order valence-corrected chi connectivity index (χ2v) is 6.47. The molecule has 1 aromatic carbocycles. The van der Waals surface area contributed by atoms with Gasteiger partial charge < -0.3 is 14.0 Å².